The number of amides is 1. The molecule has 0 radical (unpaired) electrons. The zero-order valence-corrected chi connectivity index (χ0v) is 10.8. The third kappa shape index (κ3) is 2.93. The second-order valence-electron chi connectivity index (χ2n) is 4.92. The number of esters is 1. The van der Waals surface area contributed by atoms with Gasteiger partial charge in [0.15, 0.2) is 0 Å². The molecule has 2 atom stereocenters. The van der Waals surface area contributed by atoms with Crippen molar-refractivity contribution in [3.63, 3.8) is 0 Å². The maximum atomic E-state index is 11.8. The number of alkyl carbamates (subject to hydrolysis) is 1. The van der Waals surface area contributed by atoms with Crippen molar-refractivity contribution < 1.29 is 19.1 Å². The van der Waals surface area contributed by atoms with Crippen LogP contribution in [-0.4, -0.2) is 56.4 Å². The Morgan fingerprint density at radius 1 is 1.22 bits per heavy atom. The average molecular weight is 256 g/mol. The number of ether oxygens (including phenoxy) is 2. The molecular formula is C12H20N2O4. The molecule has 2 rings (SSSR count). The van der Waals surface area contributed by atoms with Crippen molar-refractivity contribution in [2.45, 2.75) is 31.3 Å². The molecule has 2 aliphatic rings. The van der Waals surface area contributed by atoms with Gasteiger partial charge < -0.3 is 14.8 Å². The summed E-state index contributed by atoms with van der Waals surface area (Å²) in [6.07, 6.45) is 2.61. The van der Waals surface area contributed by atoms with Crippen molar-refractivity contribution in [3.05, 3.63) is 0 Å². The van der Waals surface area contributed by atoms with Crippen molar-refractivity contribution in [2.24, 2.45) is 5.92 Å². The van der Waals surface area contributed by atoms with E-state index in [0.29, 0.717) is 12.5 Å². The second-order valence-corrected chi connectivity index (χ2v) is 4.92. The Balaban J connectivity index is 1.89. The number of hydrogen-bond donors (Lipinski definition) is 1. The van der Waals surface area contributed by atoms with Gasteiger partial charge in [-0.25, -0.2) is 4.79 Å². The highest BCUT2D eigenvalue weighted by molar-refractivity contribution is 5.76. The van der Waals surface area contributed by atoms with Crippen LogP contribution in [0.25, 0.3) is 0 Å². The van der Waals surface area contributed by atoms with E-state index in [1.807, 2.05) is 0 Å². The summed E-state index contributed by atoms with van der Waals surface area (Å²) in [5.74, 6) is 0.269. The Bertz CT molecular complexity index is 330. The van der Waals surface area contributed by atoms with Gasteiger partial charge in [0.05, 0.1) is 14.2 Å². The molecule has 0 aromatic rings. The lowest BCUT2D eigenvalue weighted by atomic mass is 10.1. The van der Waals surface area contributed by atoms with E-state index in [4.69, 9.17) is 4.74 Å². The van der Waals surface area contributed by atoms with Crippen LogP contribution in [0.4, 0.5) is 4.79 Å². The maximum Gasteiger partial charge on any atom is 0.407 e. The van der Waals surface area contributed by atoms with Gasteiger partial charge in [-0.05, 0) is 25.2 Å². The van der Waals surface area contributed by atoms with E-state index in [2.05, 4.69) is 15.0 Å². The number of carbonyl (C=O) groups is 2. The number of nitrogens with zero attached hydrogens (tertiary/aromatic N) is 1. The number of likely N-dealkylation sites (tertiary alicyclic amines) is 1. The lowest BCUT2D eigenvalue weighted by molar-refractivity contribution is -0.147. The van der Waals surface area contributed by atoms with Gasteiger partial charge >= 0.3 is 12.1 Å². The zero-order valence-electron chi connectivity index (χ0n) is 10.8. The van der Waals surface area contributed by atoms with Crippen LogP contribution in [-0.2, 0) is 14.3 Å². The van der Waals surface area contributed by atoms with Crippen LogP contribution in [0.2, 0.25) is 0 Å². The summed E-state index contributed by atoms with van der Waals surface area (Å²) in [6.45, 7) is 1.50. The van der Waals surface area contributed by atoms with Gasteiger partial charge in [0.1, 0.15) is 6.04 Å². The van der Waals surface area contributed by atoms with Crippen molar-refractivity contribution in [1.29, 1.82) is 0 Å². The summed E-state index contributed by atoms with van der Waals surface area (Å²) in [4.78, 5) is 25.0. The molecule has 1 heterocycles. The molecule has 1 saturated carbocycles. The van der Waals surface area contributed by atoms with Crippen LogP contribution in [0.5, 0.6) is 0 Å². The van der Waals surface area contributed by atoms with Crippen molar-refractivity contribution in [2.75, 3.05) is 27.3 Å². The Morgan fingerprint density at radius 3 is 2.50 bits per heavy atom. The minimum absolute atomic E-state index is 0.0587. The fourth-order valence-corrected chi connectivity index (χ4v) is 2.56. The molecule has 1 aliphatic carbocycles. The molecule has 2 unspecified atom stereocenters. The quantitative estimate of drug-likeness (QED) is 0.736. The summed E-state index contributed by atoms with van der Waals surface area (Å²) >= 11 is 0. The third-order valence-electron chi connectivity index (χ3n) is 3.63. The summed E-state index contributed by atoms with van der Waals surface area (Å²) in [5.41, 5.74) is 0. The van der Waals surface area contributed by atoms with Crippen LogP contribution in [0, 0.1) is 5.92 Å². The SMILES string of the molecule is COC(=O)NC1CCN(C(C(=O)OC)C2CC2)C1. The fourth-order valence-electron chi connectivity index (χ4n) is 2.56. The molecule has 1 N–H and O–H groups in total. The first-order chi connectivity index (χ1) is 8.65. The van der Waals surface area contributed by atoms with Crippen LogP contribution >= 0.6 is 0 Å². The molecule has 102 valence electrons. The van der Waals surface area contributed by atoms with E-state index < -0.39 is 6.09 Å². The minimum atomic E-state index is -0.414. The van der Waals surface area contributed by atoms with E-state index in [-0.39, 0.29) is 18.1 Å². The van der Waals surface area contributed by atoms with Crippen LogP contribution in [0.1, 0.15) is 19.3 Å². The normalized spacial score (nSPS) is 25.6. The van der Waals surface area contributed by atoms with E-state index in [9.17, 15) is 9.59 Å². The number of rotatable bonds is 4. The molecule has 0 aromatic carbocycles. The van der Waals surface area contributed by atoms with Gasteiger partial charge in [0, 0.05) is 19.1 Å². The van der Waals surface area contributed by atoms with Crippen molar-refractivity contribution in [1.82, 2.24) is 10.2 Å². The van der Waals surface area contributed by atoms with Crippen LogP contribution in [0.3, 0.4) is 0 Å². The largest absolute Gasteiger partial charge is 0.468 e. The topological polar surface area (TPSA) is 67.9 Å². The summed E-state index contributed by atoms with van der Waals surface area (Å²) in [5, 5.41) is 2.77. The van der Waals surface area contributed by atoms with Gasteiger partial charge in [0.2, 0.25) is 0 Å². The maximum absolute atomic E-state index is 11.8. The molecule has 0 bridgehead atoms. The van der Waals surface area contributed by atoms with Gasteiger partial charge in [-0.3, -0.25) is 9.69 Å². The monoisotopic (exact) mass is 256 g/mol. The highest BCUT2D eigenvalue weighted by atomic mass is 16.5. The molecule has 6 heteroatoms. The fraction of sp³-hybridized carbons (Fsp3) is 0.833. The number of carbonyl (C=O) groups excluding carboxylic acids is 2. The summed E-state index contributed by atoms with van der Waals surface area (Å²) in [6, 6.07) is -0.0807. The van der Waals surface area contributed by atoms with E-state index in [0.717, 1.165) is 25.8 Å². The Labute approximate surface area is 107 Å². The molecule has 1 aliphatic heterocycles. The van der Waals surface area contributed by atoms with Crippen LogP contribution < -0.4 is 5.32 Å². The zero-order chi connectivity index (χ0) is 13.1. The van der Waals surface area contributed by atoms with Gasteiger partial charge in [-0.2, -0.15) is 0 Å². The van der Waals surface area contributed by atoms with Crippen molar-refractivity contribution >= 4 is 12.1 Å². The Morgan fingerprint density at radius 2 is 1.94 bits per heavy atom. The van der Waals surface area contributed by atoms with E-state index in [1.54, 1.807) is 0 Å². The smallest absolute Gasteiger partial charge is 0.407 e. The molecule has 2 fully saturated rings. The average Bonchev–Trinajstić information content (AvgIpc) is 3.10. The molecule has 0 spiro atoms. The second kappa shape index (κ2) is 5.56. The highest BCUT2D eigenvalue weighted by Gasteiger charge is 2.43. The number of methoxy groups -OCH3 is 2. The van der Waals surface area contributed by atoms with E-state index >= 15 is 0 Å². The summed E-state index contributed by atoms with van der Waals surface area (Å²) in [7, 11) is 2.78. The molecule has 6 nitrogen and oxygen atoms in total. The Kier molecular flexibility index (Phi) is 4.06. The van der Waals surface area contributed by atoms with Gasteiger partial charge in [-0.1, -0.05) is 0 Å². The van der Waals surface area contributed by atoms with E-state index in [1.165, 1.54) is 14.2 Å². The first-order valence-corrected chi connectivity index (χ1v) is 6.32. The molecule has 18 heavy (non-hydrogen) atoms. The number of hydrogen-bond acceptors (Lipinski definition) is 5. The number of nitrogens with one attached hydrogen (secondary N) is 1. The highest BCUT2D eigenvalue weighted by Crippen LogP contribution is 2.37. The first kappa shape index (κ1) is 13.1. The van der Waals surface area contributed by atoms with Gasteiger partial charge in [-0.15, -0.1) is 0 Å². The standard InChI is InChI=1S/C12H20N2O4/c1-17-11(15)10(8-3-4-8)14-6-5-9(7-14)13-12(16)18-2/h8-10H,3-7H2,1-2H3,(H,13,16). The minimum Gasteiger partial charge on any atom is -0.468 e. The molecule has 1 amide bonds. The predicted octanol–water partition coefficient (Wildman–Crippen LogP) is 0.368. The molecular weight excluding hydrogens is 236 g/mol. The lowest BCUT2D eigenvalue weighted by Crippen LogP contribution is -2.44. The van der Waals surface area contributed by atoms with Gasteiger partial charge in [0.25, 0.3) is 0 Å². The lowest BCUT2D eigenvalue weighted by Gasteiger charge is -2.25. The third-order valence-corrected chi connectivity index (χ3v) is 3.63. The molecule has 0 aromatic heterocycles. The summed E-state index contributed by atoms with van der Waals surface area (Å²) < 4.78 is 9.45. The first-order valence-electron chi connectivity index (χ1n) is 6.32. The van der Waals surface area contributed by atoms with Crippen molar-refractivity contribution in [3.8, 4) is 0 Å². The molecule has 1 saturated heterocycles. The predicted molar refractivity (Wildman–Crippen MR) is 64.0 cm³/mol. The Hall–Kier alpha value is -1.30. The van der Waals surface area contributed by atoms with Crippen LogP contribution in [0.15, 0.2) is 0 Å².